The van der Waals surface area contributed by atoms with Crippen LogP contribution in [-0.2, 0) is 0 Å². The highest BCUT2D eigenvalue weighted by molar-refractivity contribution is 7.26. The van der Waals surface area contributed by atoms with Gasteiger partial charge < -0.3 is 13.7 Å². The number of hydrogen-bond acceptors (Lipinski definition) is 4. The Bertz CT molecular complexity index is 3850. The minimum atomic E-state index is 0.906. The van der Waals surface area contributed by atoms with Crippen LogP contribution in [0.25, 0.3) is 108 Å². The van der Waals surface area contributed by atoms with Gasteiger partial charge in [-0.3, -0.25) is 0 Å². The SMILES string of the molecule is c1ccc2cc(N(c3ccc(-c4cccc5c4oc4ccccc45)cc3)c3cccc4ccc5c6cc(-c7ccc8oc9ccccc9c8c7)ccc6sc5c34)ccc2c1. The zero-order chi connectivity index (χ0) is 39.3. The zero-order valence-corrected chi connectivity index (χ0v) is 33.0. The Labute approximate surface area is 348 Å². The first-order valence-electron chi connectivity index (χ1n) is 20.3. The van der Waals surface area contributed by atoms with E-state index < -0.39 is 0 Å². The topological polar surface area (TPSA) is 29.5 Å². The van der Waals surface area contributed by atoms with E-state index in [1.54, 1.807) is 0 Å². The summed E-state index contributed by atoms with van der Waals surface area (Å²) in [6.07, 6.45) is 0. The first-order chi connectivity index (χ1) is 29.7. The Hall–Kier alpha value is -7.66. The molecule has 0 aliphatic carbocycles. The van der Waals surface area contributed by atoms with E-state index in [9.17, 15) is 0 Å². The van der Waals surface area contributed by atoms with Gasteiger partial charge in [-0.25, -0.2) is 0 Å². The molecule has 0 bridgehead atoms. The average Bonchev–Trinajstić information content (AvgIpc) is 4.00. The van der Waals surface area contributed by atoms with Crippen molar-refractivity contribution in [3.8, 4) is 22.3 Å². The molecule has 0 amide bonds. The lowest BCUT2D eigenvalue weighted by atomic mass is 9.99. The maximum atomic E-state index is 6.46. The summed E-state index contributed by atoms with van der Waals surface area (Å²) in [6.45, 7) is 0. The summed E-state index contributed by atoms with van der Waals surface area (Å²) in [5.41, 5.74) is 11.6. The van der Waals surface area contributed by atoms with Gasteiger partial charge >= 0.3 is 0 Å². The summed E-state index contributed by atoms with van der Waals surface area (Å²) in [5, 5.41) is 12.0. The number of benzene rings is 10. The Kier molecular flexibility index (Phi) is 7.18. The maximum absolute atomic E-state index is 6.46. The molecule has 0 spiro atoms. The highest BCUT2D eigenvalue weighted by Crippen LogP contribution is 2.47. The molecular formula is C56H33NO2S. The van der Waals surface area contributed by atoms with Crippen molar-refractivity contribution < 1.29 is 8.83 Å². The van der Waals surface area contributed by atoms with Gasteiger partial charge in [0.1, 0.15) is 22.3 Å². The molecule has 280 valence electrons. The zero-order valence-electron chi connectivity index (χ0n) is 32.2. The van der Waals surface area contributed by atoms with E-state index >= 15 is 0 Å². The molecule has 0 saturated carbocycles. The van der Waals surface area contributed by atoms with Gasteiger partial charge in [0.05, 0.1) is 5.69 Å². The highest BCUT2D eigenvalue weighted by atomic mass is 32.1. The van der Waals surface area contributed by atoms with Crippen molar-refractivity contribution in [2.45, 2.75) is 0 Å². The van der Waals surface area contributed by atoms with E-state index in [1.807, 2.05) is 35.6 Å². The molecule has 3 nitrogen and oxygen atoms in total. The summed E-state index contributed by atoms with van der Waals surface area (Å²) in [5.74, 6) is 0. The van der Waals surface area contributed by atoms with Crippen LogP contribution in [-0.4, -0.2) is 0 Å². The highest BCUT2D eigenvalue weighted by Gasteiger charge is 2.21. The molecule has 60 heavy (non-hydrogen) atoms. The van der Waals surface area contributed by atoms with E-state index in [-0.39, 0.29) is 0 Å². The number of fused-ring (bicyclic) bond motifs is 12. The third kappa shape index (κ3) is 5.08. The number of para-hydroxylation sites is 3. The molecule has 0 atom stereocenters. The van der Waals surface area contributed by atoms with Gasteiger partial charge in [-0.15, -0.1) is 11.3 Å². The molecule has 13 aromatic rings. The fourth-order valence-corrected chi connectivity index (χ4v) is 10.6. The third-order valence-corrected chi connectivity index (χ3v) is 13.4. The molecule has 10 aromatic carbocycles. The third-order valence-electron chi connectivity index (χ3n) is 12.2. The normalized spacial score (nSPS) is 12.0. The molecule has 3 aromatic heterocycles. The van der Waals surface area contributed by atoms with Gasteiger partial charge in [0.25, 0.3) is 0 Å². The monoisotopic (exact) mass is 783 g/mol. The minimum absolute atomic E-state index is 0.906. The van der Waals surface area contributed by atoms with Crippen molar-refractivity contribution in [2.75, 3.05) is 4.90 Å². The quantitative estimate of drug-likeness (QED) is 0.174. The predicted molar refractivity (Wildman–Crippen MR) is 254 cm³/mol. The number of rotatable bonds is 5. The standard InChI is InChI=1S/C56H33NO2S/c1-2-10-37-31-41(27-19-34(37)9-1)57(40-25-20-35(21-26-40)42-14-8-15-45-43-12-3-6-18-51(43)59-55(42)45)49-16-7-11-36-22-28-46-48-33-39(24-30-53(48)60-56(46)54(36)49)38-23-29-52-47(32-38)44-13-4-5-17-50(44)58-52/h1-33H. The summed E-state index contributed by atoms with van der Waals surface area (Å²) in [7, 11) is 0. The predicted octanol–water partition coefficient (Wildman–Crippen LogP) is 17.0. The van der Waals surface area contributed by atoms with Crippen LogP contribution in [0.5, 0.6) is 0 Å². The van der Waals surface area contributed by atoms with Gasteiger partial charge in [0.2, 0.25) is 0 Å². The average molecular weight is 784 g/mol. The van der Waals surface area contributed by atoms with Crippen LogP contribution in [0.4, 0.5) is 17.1 Å². The second kappa shape index (κ2) is 12.9. The van der Waals surface area contributed by atoms with Gasteiger partial charge in [-0.1, -0.05) is 133 Å². The molecule has 0 aliphatic heterocycles. The van der Waals surface area contributed by atoms with Gasteiger partial charge in [0.15, 0.2) is 0 Å². The molecule has 0 N–H and O–H groups in total. The van der Waals surface area contributed by atoms with Crippen molar-refractivity contribution in [1.29, 1.82) is 0 Å². The van der Waals surface area contributed by atoms with Crippen LogP contribution in [0.2, 0.25) is 0 Å². The van der Waals surface area contributed by atoms with Crippen LogP contribution in [0.3, 0.4) is 0 Å². The van der Waals surface area contributed by atoms with E-state index in [2.05, 4.69) is 181 Å². The van der Waals surface area contributed by atoms with Crippen LogP contribution in [0.1, 0.15) is 0 Å². The van der Waals surface area contributed by atoms with Crippen molar-refractivity contribution in [1.82, 2.24) is 0 Å². The molecule has 0 aliphatic rings. The van der Waals surface area contributed by atoms with Crippen molar-refractivity contribution >= 4 is 114 Å². The Balaban J connectivity index is 0.985. The lowest BCUT2D eigenvalue weighted by Gasteiger charge is -2.27. The lowest BCUT2D eigenvalue weighted by Crippen LogP contribution is -2.10. The molecular weight excluding hydrogens is 751 g/mol. The summed E-state index contributed by atoms with van der Waals surface area (Å²) in [6, 6.07) is 72.2. The molecule has 3 heterocycles. The first-order valence-corrected chi connectivity index (χ1v) is 21.1. The fourth-order valence-electron chi connectivity index (χ4n) is 9.36. The summed E-state index contributed by atoms with van der Waals surface area (Å²) in [4.78, 5) is 2.43. The number of thiophene rings is 1. The molecule has 0 saturated heterocycles. The summed E-state index contributed by atoms with van der Waals surface area (Å²) < 4.78 is 15.2. The van der Waals surface area contributed by atoms with Crippen LogP contribution < -0.4 is 4.90 Å². The summed E-state index contributed by atoms with van der Waals surface area (Å²) >= 11 is 1.88. The number of furan rings is 2. The van der Waals surface area contributed by atoms with Crippen LogP contribution in [0.15, 0.2) is 209 Å². The van der Waals surface area contributed by atoms with E-state index in [1.165, 1.54) is 52.8 Å². The number of hydrogen-bond donors (Lipinski definition) is 0. The van der Waals surface area contributed by atoms with Gasteiger partial charge in [0, 0.05) is 64.0 Å². The van der Waals surface area contributed by atoms with Gasteiger partial charge in [-0.05, 0) is 99.6 Å². The minimum Gasteiger partial charge on any atom is -0.456 e. The van der Waals surface area contributed by atoms with Crippen LogP contribution >= 0.6 is 11.3 Å². The van der Waals surface area contributed by atoms with Crippen molar-refractivity contribution in [2.24, 2.45) is 0 Å². The number of anilines is 3. The van der Waals surface area contributed by atoms with E-state index in [4.69, 9.17) is 8.83 Å². The van der Waals surface area contributed by atoms with E-state index in [0.717, 1.165) is 72.1 Å². The fraction of sp³-hybridized carbons (Fsp3) is 0. The van der Waals surface area contributed by atoms with Crippen LogP contribution in [0, 0.1) is 0 Å². The largest absolute Gasteiger partial charge is 0.456 e. The molecule has 4 heteroatoms. The smallest absolute Gasteiger partial charge is 0.143 e. The molecule has 0 unspecified atom stereocenters. The first kappa shape index (κ1) is 33.3. The Morgan fingerprint density at radius 3 is 1.87 bits per heavy atom. The second-order valence-electron chi connectivity index (χ2n) is 15.6. The molecule has 13 rings (SSSR count). The Morgan fingerprint density at radius 2 is 1.00 bits per heavy atom. The second-order valence-corrected chi connectivity index (χ2v) is 16.7. The van der Waals surface area contributed by atoms with Gasteiger partial charge in [-0.2, -0.15) is 0 Å². The molecule has 0 fully saturated rings. The number of nitrogens with zero attached hydrogens (tertiary/aromatic N) is 1. The Morgan fingerprint density at radius 1 is 0.367 bits per heavy atom. The molecule has 0 radical (unpaired) electrons. The van der Waals surface area contributed by atoms with Crippen molar-refractivity contribution in [3.63, 3.8) is 0 Å². The van der Waals surface area contributed by atoms with E-state index in [0.29, 0.717) is 0 Å². The lowest BCUT2D eigenvalue weighted by molar-refractivity contribution is 0.669. The maximum Gasteiger partial charge on any atom is 0.143 e. The van der Waals surface area contributed by atoms with Crippen molar-refractivity contribution in [3.05, 3.63) is 200 Å².